The number of carbonyl (C=O) groups is 1. The van der Waals surface area contributed by atoms with Crippen LogP contribution in [0.5, 0.6) is 0 Å². The Labute approximate surface area is 225 Å². The fourth-order valence-electron chi connectivity index (χ4n) is 4.58. The second-order valence-electron chi connectivity index (χ2n) is 10.8. The lowest BCUT2D eigenvalue weighted by Gasteiger charge is -2.39. The zero-order chi connectivity index (χ0) is 27.4. The maximum absolute atomic E-state index is 13.1. The predicted octanol–water partition coefficient (Wildman–Crippen LogP) is 4.66. The molecule has 3 heterocycles. The topological polar surface area (TPSA) is 94.4 Å². The van der Waals surface area contributed by atoms with Gasteiger partial charge in [0.1, 0.15) is 5.82 Å². The second-order valence-corrected chi connectivity index (χ2v) is 10.8. The van der Waals surface area contributed by atoms with E-state index in [1.807, 2.05) is 30.5 Å². The van der Waals surface area contributed by atoms with Gasteiger partial charge in [0.2, 0.25) is 0 Å². The number of anilines is 2. The fraction of sp³-hybridized carbons (Fsp3) is 0.400. The van der Waals surface area contributed by atoms with Crippen molar-refractivity contribution in [3.63, 3.8) is 0 Å². The van der Waals surface area contributed by atoms with E-state index in [4.69, 9.17) is 4.74 Å². The van der Waals surface area contributed by atoms with E-state index in [1.54, 1.807) is 32.2 Å². The second kappa shape index (κ2) is 11.3. The lowest BCUT2D eigenvalue weighted by molar-refractivity contribution is 0.00851. The van der Waals surface area contributed by atoms with E-state index < -0.39 is 5.41 Å². The van der Waals surface area contributed by atoms with E-state index in [0.29, 0.717) is 23.6 Å². The van der Waals surface area contributed by atoms with Crippen LogP contribution in [0.3, 0.4) is 0 Å². The molecule has 0 radical (unpaired) electrons. The molecule has 3 aromatic rings. The monoisotopic (exact) mass is 512 g/mol. The van der Waals surface area contributed by atoms with Gasteiger partial charge in [0.15, 0.2) is 0 Å². The van der Waals surface area contributed by atoms with Gasteiger partial charge >= 0.3 is 0 Å². The SMILES string of the molecule is Cc1ccc(NC(=O)c2ccnc(C(C)(C)C#N)c2)cc1-c1ccnc(N2C[C@@H](CN(C)C)OC[C@@H]2C)c1. The van der Waals surface area contributed by atoms with Crippen molar-refractivity contribution < 1.29 is 9.53 Å². The predicted molar refractivity (Wildman–Crippen MR) is 150 cm³/mol. The van der Waals surface area contributed by atoms with Gasteiger partial charge in [-0.1, -0.05) is 6.07 Å². The standard InChI is InChI=1S/C30H36N6O2/c1-20-7-8-24(34-29(37)23-10-11-32-27(13-23)30(3,4)19-31)15-26(20)22-9-12-33-28(14-22)36-17-25(16-35(5)6)38-18-21(36)2/h7-15,21,25H,16-18H2,1-6H3,(H,34,37)/t21-,25+/m0/s1. The smallest absolute Gasteiger partial charge is 0.255 e. The first-order valence-electron chi connectivity index (χ1n) is 12.9. The molecule has 1 aliphatic heterocycles. The minimum Gasteiger partial charge on any atom is -0.373 e. The Morgan fingerprint density at radius 3 is 2.68 bits per heavy atom. The van der Waals surface area contributed by atoms with Gasteiger partial charge in [-0.3, -0.25) is 9.78 Å². The van der Waals surface area contributed by atoms with Gasteiger partial charge in [-0.05, 0) is 94.9 Å². The first-order valence-corrected chi connectivity index (χ1v) is 12.9. The maximum Gasteiger partial charge on any atom is 0.255 e. The molecule has 38 heavy (non-hydrogen) atoms. The number of benzene rings is 1. The highest BCUT2D eigenvalue weighted by Crippen LogP contribution is 2.30. The van der Waals surface area contributed by atoms with Crippen molar-refractivity contribution in [3.8, 4) is 17.2 Å². The molecule has 0 aliphatic carbocycles. The summed E-state index contributed by atoms with van der Waals surface area (Å²) in [5.41, 5.74) is 4.09. The van der Waals surface area contributed by atoms with Gasteiger partial charge in [0, 0.05) is 36.7 Å². The van der Waals surface area contributed by atoms with E-state index in [9.17, 15) is 10.1 Å². The minimum absolute atomic E-state index is 0.124. The summed E-state index contributed by atoms with van der Waals surface area (Å²) in [6.07, 6.45) is 3.53. The van der Waals surface area contributed by atoms with Crippen molar-refractivity contribution in [3.05, 3.63) is 71.7 Å². The van der Waals surface area contributed by atoms with Crippen LogP contribution in [-0.4, -0.2) is 66.7 Å². The van der Waals surface area contributed by atoms with E-state index >= 15 is 0 Å². The molecular weight excluding hydrogens is 476 g/mol. The molecule has 8 heteroatoms. The molecular formula is C30H36N6O2. The minimum atomic E-state index is -0.781. The van der Waals surface area contributed by atoms with Crippen LogP contribution in [0.15, 0.2) is 54.9 Å². The Morgan fingerprint density at radius 2 is 1.95 bits per heavy atom. The average Bonchev–Trinajstić information content (AvgIpc) is 2.90. The van der Waals surface area contributed by atoms with Crippen molar-refractivity contribution in [1.29, 1.82) is 5.26 Å². The quantitative estimate of drug-likeness (QED) is 0.492. The molecule has 1 N–H and O–H groups in total. The molecule has 0 saturated carbocycles. The summed E-state index contributed by atoms with van der Waals surface area (Å²) in [6.45, 7) is 10.1. The maximum atomic E-state index is 13.1. The number of nitriles is 1. The third-order valence-corrected chi connectivity index (χ3v) is 6.86. The summed E-state index contributed by atoms with van der Waals surface area (Å²) >= 11 is 0. The molecule has 0 unspecified atom stereocenters. The molecule has 1 aromatic carbocycles. The molecule has 1 aliphatic rings. The summed E-state index contributed by atoms with van der Waals surface area (Å²) in [5.74, 6) is 0.669. The van der Waals surface area contributed by atoms with E-state index in [2.05, 4.69) is 65.2 Å². The van der Waals surface area contributed by atoms with E-state index in [0.717, 1.165) is 35.6 Å². The number of ether oxygens (including phenoxy) is 1. The molecule has 1 saturated heterocycles. The zero-order valence-electron chi connectivity index (χ0n) is 23.0. The van der Waals surface area contributed by atoms with Gasteiger partial charge in [0.05, 0.1) is 35.9 Å². The first-order chi connectivity index (χ1) is 18.1. The Kier molecular flexibility index (Phi) is 8.10. The number of rotatable bonds is 7. The Bertz CT molecular complexity index is 1350. The van der Waals surface area contributed by atoms with Crippen LogP contribution in [0, 0.1) is 18.3 Å². The number of pyridine rings is 2. The number of hydrogen-bond donors (Lipinski definition) is 1. The molecule has 1 amide bonds. The van der Waals surface area contributed by atoms with Crippen LogP contribution >= 0.6 is 0 Å². The number of likely N-dealkylation sites (N-methyl/N-ethyl adjacent to an activating group) is 1. The Hall–Kier alpha value is -3.80. The number of aryl methyl sites for hydroxylation is 1. The van der Waals surface area contributed by atoms with Crippen molar-refractivity contribution >= 4 is 17.4 Å². The summed E-state index contributed by atoms with van der Waals surface area (Å²) in [4.78, 5) is 26.5. The van der Waals surface area contributed by atoms with Gasteiger partial charge in [0.25, 0.3) is 5.91 Å². The first kappa shape index (κ1) is 27.2. The van der Waals surface area contributed by atoms with Crippen molar-refractivity contribution in [2.45, 2.75) is 45.3 Å². The highest BCUT2D eigenvalue weighted by atomic mass is 16.5. The number of aromatic nitrogens is 2. The molecule has 8 nitrogen and oxygen atoms in total. The van der Waals surface area contributed by atoms with E-state index in [1.165, 1.54) is 0 Å². The summed E-state index contributed by atoms with van der Waals surface area (Å²) in [7, 11) is 4.11. The van der Waals surface area contributed by atoms with Gasteiger partial charge in [-0.25, -0.2) is 4.98 Å². The molecule has 0 bridgehead atoms. The fourth-order valence-corrected chi connectivity index (χ4v) is 4.58. The van der Waals surface area contributed by atoms with Crippen LogP contribution < -0.4 is 10.2 Å². The number of hydrogen-bond acceptors (Lipinski definition) is 7. The van der Waals surface area contributed by atoms with Crippen LogP contribution in [0.2, 0.25) is 0 Å². The van der Waals surface area contributed by atoms with Crippen LogP contribution in [-0.2, 0) is 10.2 Å². The highest BCUT2D eigenvalue weighted by Gasteiger charge is 2.28. The van der Waals surface area contributed by atoms with Crippen molar-refractivity contribution in [1.82, 2.24) is 14.9 Å². The summed E-state index contributed by atoms with van der Waals surface area (Å²) in [6, 6.07) is 15.8. The van der Waals surface area contributed by atoms with Crippen LogP contribution in [0.25, 0.3) is 11.1 Å². The van der Waals surface area contributed by atoms with Crippen LogP contribution in [0.1, 0.15) is 42.4 Å². The third-order valence-electron chi connectivity index (χ3n) is 6.86. The number of amides is 1. The van der Waals surface area contributed by atoms with Gasteiger partial charge < -0.3 is 19.9 Å². The van der Waals surface area contributed by atoms with Crippen molar-refractivity contribution in [2.24, 2.45) is 0 Å². The molecule has 2 aromatic heterocycles. The third kappa shape index (κ3) is 6.18. The lowest BCUT2D eigenvalue weighted by atomic mass is 9.90. The average molecular weight is 513 g/mol. The lowest BCUT2D eigenvalue weighted by Crippen LogP contribution is -2.51. The summed E-state index contributed by atoms with van der Waals surface area (Å²) in [5, 5.41) is 12.4. The zero-order valence-corrected chi connectivity index (χ0v) is 23.0. The molecule has 0 spiro atoms. The molecule has 1 fully saturated rings. The Balaban J connectivity index is 1.57. The Morgan fingerprint density at radius 1 is 1.18 bits per heavy atom. The summed E-state index contributed by atoms with van der Waals surface area (Å²) < 4.78 is 6.04. The largest absolute Gasteiger partial charge is 0.373 e. The normalized spacial score (nSPS) is 17.8. The molecule has 2 atom stereocenters. The highest BCUT2D eigenvalue weighted by molar-refractivity contribution is 6.04. The number of nitrogens with zero attached hydrogens (tertiary/aromatic N) is 5. The number of morpholine rings is 1. The van der Waals surface area contributed by atoms with Crippen LogP contribution in [0.4, 0.5) is 11.5 Å². The van der Waals surface area contributed by atoms with E-state index in [-0.39, 0.29) is 18.1 Å². The molecule has 4 rings (SSSR count). The van der Waals surface area contributed by atoms with Gasteiger partial charge in [-0.15, -0.1) is 0 Å². The number of nitrogens with one attached hydrogen (secondary N) is 1. The number of carbonyl (C=O) groups excluding carboxylic acids is 1. The van der Waals surface area contributed by atoms with Gasteiger partial charge in [-0.2, -0.15) is 5.26 Å². The van der Waals surface area contributed by atoms with Crippen molar-refractivity contribution in [2.75, 3.05) is 44.0 Å². The molecule has 198 valence electrons.